The van der Waals surface area contributed by atoms with Crippen LogP contribution in [0.5, 0.6) is 0 Å². The first-order chi connectivity index (χ1) is 15.0. The van der Waals surface area contributed by atoms with Gasteiger partial charge in [-0.1, -0.05) is 6.92 Å². The SMILES string of the molecule is CCn1c(=O)[nH]c(=O)c2c(C(=O)NCCCCN3CCC(C)CC3)cc(C3CC3)nc21. The molecule has 1 amide bonds. The van der Waals surface area contributed by atoms with Crippen LogP contribution < -0.4 is 16.6 Å². The molecule has 0 radical (unpaired) electrons. The van der Waals surface area contributed by atoms with E-state index in [1.54, 1.807) is 6.07 Å². The zero-order valence-corrected chi connectivity index (χ0v) is 18.6. The maximum atomic E-state index is 13.0. The van der Waals surface area contributed by atoms with Crippen molar-refractivity contribution in [2.45, 2.75) is 64.8 Å². The zero-order valence-electron chi connectivity index (χ0n) is 18.6. The summed E-state index contributed by atoms with van der Waals surface area (Å²) in [5.74, 6) is 0.870. The Morgan fingerprint density at radius 3 is 2.61 bits per heavy atom. The van der Waals surface area contributed by atoms with Crippen LogP contribution in [0.3, 0.4) is 0 Å². The second-order valence-electron chi connectivity index (χ2n) is 9.06. The summed E-state index contributed by atoms with van der Waals surface area (Å²) in [6, 6.07) is 1.74. The molecule has 2 N–H and O–H groups in total. The lowest BCUT2D eigenvalue weighted by Crippen LogP contribution is -2.34. The highest BCUT2D eigenvalue weighted by molar-refractivity contribution is 6.05. The number of nitrogens with one attached hydrogen (secondary N) is 2. The molecule has 1 saturated heterocycles. The van der Waals surface area contributed by atoms with E-state index in [1.807, 2.05) is 6.92 Å². The Kier molecular flexibility index (Phi) is 6.55. The molecule has 0 aromatic carbocycles. The van der Waals surface area contributed by atoms with Crippen LogP contribution in [0.2, 0.25) is 0 Å². The quantitative estimate of drug-likeness (QED) is 0.629. The van der Waals surface area contributed by atoms with Gasteiger partial charge in [0.2, 0.25) is 0 Å². The van der Waals surface area contributed by atoms with Crippen molar-refractivity contribution >= 4 is 16.9 Å². The van der Waals surface area contributed by atoms with Crippen LogP contribution >= 0.6 is 0 Å². The van der Waals surface area contributed by atoms with Gasteiger partial charge in [0, 0.05) is 24.7 Å². The van der Waals surface area contributed by atoms with Crippen molar-refractivity contribution in [2.24, 2.45) is 5.92 Å². The van der Waals surface area contributed by atoms with Crippen LogP contribution in [-0.2, 0) is 6.54 Å². The number of carbonyl (C=O) groups excluding carboxylic acids is 1. The molecule has 2 aromatic heterocycles. The molecule has 8 nitrogen and oxygen atoms in total. The minimum Gasteiger partial charge on any atom is -0.352 e. The van der Waals surface area contributed by atoms with Crippen molar-refractivity contribution in [1.29, 1.82) is 0 Å². The fourth-order valence-corrected chi connectivity index (χ4v) is 4.40. The Morgan fingerprint density at radius 2 is 1.94 bits per heavy atom. The molecule has 3 heterocycles. The highest BCUT2D eigenvalue weighted by Crippen LogP contribution is 2.39. The third-order valence-corrected chi connectivity index (χ3v) is 6.59. The van der Waals surface area contributed by atoms with E-state index in [4.69, 9.17) is 0 Å². The second-order valence-corrected chi connectivity index (χ2v) is 9.06. The number of rotatable bonds is 8. The summed E-state index contributed by atoms with van der Waals surface area (Å²) in [4.78, 5) is 47.2. The molecular weight excluding hydrogens is 394 g/mol. The number of aromatic amines is 1. The van der Waals surface area contributed by atoms with E-state index in [1.165, 1.54) is 30.5 Å². The molecule has 8 heteroatoms. The summed E-state index contributed by atoms with van der Waals surface area (Å²) in [6.45, 7) is 8.49. The Balaban J connectivity index is 1.46. The Labute approximate surface area is 182 Å². The predicted octanol–water partition coefficient (Wildman–Crippen LogP) is 2.22. The first-order valence-corrected chi connectivity index (χ1v) is 11.7. The molecule has 1 aliphatic heterocycles. The fourth-order valence-electron chi connectivity index (χ4n) is 4.40. The topological polar surface area (TPSA) is 100 Å². The number of carbonyl (C=O) groups is 1. The van der Waals surface area contributed by atoms with Crippen LogP contribution in [0.4, 0.5) is 0 Å². The lowest BCUT2D eigenvalue weighted by atomic mass is 9.99. The number of fused-ring (bicyclic) bond motifs is 1. The summed E-state index contributed by atoms with van der Waals surface area (Å²) >= 11 is 0. The number of piperidine rings is 1. The van der Waals surface area contributed by atoms with E-state index < -0.39 is 11.2 Å². The van der Waals surface area contributed by atoms with Gasteiger partial charge in [-0.05, 0) is 77.1 Å². The molecule has 2 aliphatic rings. The first kappa shape index (κ1) is 21.7. The molecule has 1 saturated carbocycles. The highest BCUT2D eigenvalue weighted by Gasteiger charge is 2.28. The summed E-state index contributed by atoms with van der Waals surface area (Å²) < 4.78 is 1.43. The number of aromatic nitrogens is 3. The van der Waals surface area contributed by atoms with Gasteiger partial charge in [-0.2, -0.15) is 0 Å². The number of unbranched alkanes of at least 4 members (excludes halogenated alkanes) is 1. The van der Waals surface area contributed by atoms with E-state index >= 15 is 0 Å². The standard InChI is InChI=1S/C23H33N5O3/c1-3-28-20-19(22(30)26-23(28)31)17(14-18(25-20)16-6-7-16)21(29)24-10-4-5-11-27-12-8-15(2)9-13-27/h14-16H,3-13H2,1-2H3,(H,24,29)(H,26,30,31). The Morgan fingerprint density at radius 1 is 1.19 bits per heavy atom. The number of hydrogen-bond donors (Lipinski definition) is 2. The third kappa shape index (κ3) is 4.89. The van der Waals surface area contributed by atoms with Crippen molar-refractivity contribution in [2.75, 3.05) is 26.2 Å². The number of aryl methyl sites for hydroxylation is 1. The van der Waals surface area contributed by atoms with Crippen LogP contribution in [0.15, 0.2) is 15.7 Å². The number of amides is 1. The second kappa shape index (κ2) is 9.34. The average molecular weight is 428 g/mol. The number of hydrogen-bond acceptors (Lipinski definition) is 5. The normalized spacial score (nSPS) is 17.9. The van der Waals surface area contributed by atoms with Crippen molar-refractivity contribution in [3.05, 3.63) is 38.2 Å². The molecule has 1 aliphatic carbocycles. The van der Waals surface area contributed by atoms with E-state index in [9.17, 15) is 14.4 Å². The van der Waals surface area contributed by atoms with Gasteiger partial charge in [0.05, 0.1) is 10.9 Å². The summed E-state index contributed by atoms with van der Waals surface area (Å²) in [7, 11) is 0. The van der Waals surface area contributed by atoms with Gasteiger partial charge < -0.3 is 10.2 Å². The van der Waals surface area contributed by atoms with Gasteiger partial charge in [-0.15, -0.1) is 0 Å². The lowest BCUT2D eigenvalue weighted by molar-refractivity contribution is 0.0953. The molecule has 2 aromatic rings. The lowest BCUT2D eigenvalue weighted by Gasteiger charge is -2.30. The number of likely N-dealkylation sites (tertiary alicyclic amines) is 1. The van der Waals surface area contributed by atoms with Crippen LogP contribution in [-0.4, -0.2) is 51.5 Å². The van der Waals surface area contributed by atoms with E-state index in [0.717, 1.165) is 43.8 Å². The monoisotopic (exact) mass is 427 g/mol. The van der Waals surface area contributed by atoms with Crippen molar-refractivity contribution in [3.63, 3.8) is 0 Å². The fraction of sp³-hybridized carbons (Fsp3) is 0.652. The molecule has 168 valence electrons. The van der Waals surface area contributed by atoms with Gasteiger partial charge in [-0.25, -0.2) is 9.78 Å². The van der Waals surface area contributed by atoms with Crippen molar-refractivity contribution < 1.29 is 4.79 Å². The number of nitrogens with zero attached hydrogens (tertiary/aromatic N) is 3. The van der Waals surface area contributed by atoms with Gasteiger partial charge in [-0.3, -0.25) is 19.1 Å². The first-order valence-electron chi connectivity index (χ1n) is 11.7. The minimum atomic E-state index is -0.552. The van der Waals surface area contributed by atoms with Crippen LogP contribution in [0.1, 0.15) is 74.3 Å². The maximum Gasteiger partial charge on any atom is 0.329 e. The average Bonchev–Trinajstić information content (AvgIpc) is 3.59. The van der Waals surface area contributed by atoms with Gasteiger partial charge in [0.1, 0.15) is 0 Å². The van der Waals surface area contributed by atoms with E-state index in [2.05, 4.69) is 27.1 Å². The highest BCUT2D eigenvalue weighted by atomic mass is 16.2. The molecule has 31 heavy (non-hydrogen) atoms. The number of pyridine rings is 1. The van der Waals surface area contributed by atoms with Crippen LogP contribution in [0.25, 0.3) is 11.0 Å². The summed E-state index contributed by atoms with van der Waals surface area (Å²) in [5.41, 5.74) is 0.387. The minimum absolute atomic E-state index is 0.200. The third-order valence-electron chi connectivity index (χ3n) is 6.59. The Hall–Kier alpha value is -2.48. The van der Waals surface area contributed by atoms with Crippen molar-refractivity contribution in [3.8, 4) is 0 Å². The molecular formula is C23H33N5O3. The molecule has 0 bridgehead atoms. The predicted molar refractivity (Wildman–Crippen MR) is 121 cm³/mol. The molecule has 0 unspecified atom stereocenters. The summed E-state index contributed by atoms with van der Waals surface area (Å²) in [5, 5.41) is 3.18. The summed E-state index contributed by atoms with van der Waals surface area (Å²) in [6.07, 6.45) is 6.52. The van der Waals surface area contributed by atoms with Gasteiger partial charge in [0.15, 0.2) is 5.65 Å². The van der Waals surface area contributed by atoms with Gasteiger partial charge in [0.25, 0.3) is 11.5 Å². The molecule has 0 atom stereocenters. The molecule has 2 fully saturated rings. The van der Waals surface area contributed by atoms with Gasteiger partial charge >= 0.3 is 5.69 Å². The van der Waals surface area contributed by atoms with E-state index in [-0.39, 0.29) is 11.3 Å². The smallest absolute Gasteiger partial charge is 0.329 e. The molecule has 0 spiro atoms. The van der Waals surface area contributed by atoms with E-state index in [0.29, 0.717) is 30.2 Å². The maximum absolute atomic E-state index is 13.0. The largest absolute Gasteiger partial charge is 0.352 e. The van der Waals surface area contributed by atoms with Crippen LogP contribution in [0, 0.1) is 5.92 Å². The van der Waals surface area contributed by atoms with Crippen molar-refractivity contribution in [1.82, 2.24) is 24.8 Å². The molecule has 4 rings (SSSR count). The Bertz CT molecular complexity index is 1060. The zero-order chi connectivity index (χ0) is 22.0. The number of H-pyrrole nitrogens is 1.